The van der Waals surface area contributed by atoms with Crippen LogP contribution in [-0.4, -0.2) is 27.3 Å². The maximum atomic E-state index is 12.5. The predicted octanol–water partition coefficient (Wildman–Crippen LogP) is 5.82. The van der Waals surface area contributed by atoms with Crippen molar-refractivity contribution in [2.45, 2.75) is 22.5 Å². The van der Waals surface area contributed by atoms with Gasteiger partial charge in [-0.25, -0.2) is 0 Å². The summed E-state index contributed by atoms with van der Waals surface area (Å²) in [7, 11) is 0. The molecule has 0 radical (unpaired) electrons. The Kier molecular flexibility index (Phi) is 7.63. The molecule has 0 spiro atoms. The van der Waals surface area contributed by atoms with Crippen molar-refractivity contribution in [1.29, 1.82) is 0 Å². The highest BCUT2D eigenvalue weighted by molar-refractivity contribution is 8.04. The van der Waals surface area contributed by atoms with Gasteiger partial charge in [0.05, 0.1) is 0 Å². The molecule has 0 aliphatic heterocycles. The molecule has 0 saturated heterocycles. The Labute approximate surface area is 175 Å². The zero-order valence-electron chi connectivity index (χ0n) is 15.7. The Morgan fingerprint density at radius 1 is 0.714 bits per heavy atom. The number of rotatable bonds is 10. The summed E-state index contributed by atoms with van der Waals surface area (Å²) < 4.78 is -0.875. The van der Waals surface area contributed by atoms with Crippen LogP contribution in [0, 0.1) is 0 Å². The van der Waals surface area contributed by atoms with E-state index in [0.717, 1.165) is 22.6 Å². The van der Waals surface area contributed by atoms with E-state index in [-0.39, 0.29) is 0 Å². The highest BCUT2D eigenvalue weighted by Gasteiger charge is 2.39. The third-order valence-electron chi connectivity index (χ3n) is 4.53. The summed E-state index contributed by atoms with van der Waals surface area (Å²) in [6.45, 7) is 0. The lowest BCUT2D eigenvalue weighted by atomic mass is 9.91. The number of benzene rings is 3. The number of carbonyl (C=O) groups is 1. The largest absolute Gasteiger partial charge is 0.480 e. The molecule has 0 saturated carbocycles. The van der Waals surface area contributed by atoms with E-state index >= 15 is 0 Å². The fourth-order valence-electron chi connectivity index (χ4n) is 3.14. The normalized spacial score (nSPS) is 11.3. The van der Waals surface area contributed by atoms with Crippen molar-refractivity contribution in [3.8, 4) is 0 Å². The molecule has 3 rings (SSSR count). The Bertz CT molecular complexity index is 810. The maximum Gasteiger partial charge on any atom is 0.320 e. The van der Waals surface area contributed by atoms with Crippen molar-refractivity contribution in [2.24, 2.45) is 0 Å². The third kappa shape index (κ3) is 5.91. The lowest BCUT2D eigenvalue weighted by Gasteiger charge is -2.29. The quantitative estimate of drug-likeness (QED) is 0.339. The molecule has 0 heterocycles. The van der Waals surface area contributed by atoms with Gasteiger partial charge in [-0.2, -0.15) is 0 Å². The van der Waals surface area contributed by atoms with E-state index < -0.39 is 10.7 Å². The number of aliphatic carboxylic acids is 1. The van der Waals surface area contributed by atoms with Crippen LogP contribution in [0.4, 0.5) is 0 Å². The van der Waals surface area contributed by atoms with Crippen LogP contribution in [0.25, 0.3) is 0 Å². The Morgan fingerprint density at radius 3 is 1.64 bits per heavy atom. The summed E-state index contributed by atoms with van der Waals surface area (Å²) in [4.78, 5) is 13.7. The second-order valence-electron chi connectivity index (χ2n) is 6.63. The molecule has 0 atom stereocenters. The highest BCUT2D eigenvalue weighted by atomic mass is 32.2. The van der Waals surface area contributed by atoms with Crippen molar-refractivity contribution in [3.05, 3.63) is 102 Å². The minimum Gasteiger partial charge on any atom is -0.480 e. The fourth-order valence-corrected chi connectivity index (χ4v) is 5.45. The van der Waals surface area contributed by atoms with E-state index in [9.17, 15) is 9.90 Å². The smallest absolute Gasteiger partial charge is 0.320 e. The number of hydrogen-bond donors (Lipinski definition) is 1. The molecule has 2 nitrogen and oxygen atoms in total. The minimum absolute atomic E-state index is 0.513. The van der Waals surface area contributed by atoms with Gasteiger partial charge in [0.15, 0.2) is 0 Å². The Balaban J connectivity index is 1.74. The van der Waals surface area contributed by atoms with Gasteiger partial charge in [0.1, 0.15) is 4.75 Å². The Hall–Kier alpha value is -2.17. The van der Waals surface area contributed by atoms with Gasteiger partial charge in [0, 0.05) is 16.4 Å². The third-order valence-corrected chi connectivity index (χ3v) is 7.22. The van der Waals surface area contributed by atoms with Gasteiger partial charge in [-0.1, -0.05) is 78.9 Å². The van der Waals surface area contributed by atoms with Gasteiger partial charge in [0.25, 0.3) is 0 Å². The van der Waals surface area contributed by atoms with Crippen LogP contribution in [-0.2, 0) is 17.6 Å². The van der Waals surface area contributed by atoms with Crippen molar-refractivity contribution < 1.29 is 9.90 Å². The lowest BCUT2D eigenvalue weighted by molar-refractivity contribution is -0.139. The Morgan fingerprint density at radius 2 is 1.18 bits per heavy atom. The van der Waals surface area contributed by atoms with E-state index in [2.05, 4.69) is 12.1 Å². The summed E-state index contributed by atoms with van der Waals surface area (Å²) in [5.74, 6) is 0.925. The average molecular weight is 409 g/mol. The van der Waals surface area contributed by atoms with Gasteiger partial charge in [-0.05, 0) is 36.1 Å². The topological polar surface area (TPSA) is 37.3 Å². The molecule has 3 aromatic carbocycles. The molecule has 0 amide bonds. The molecule has 0 unspecified atom stereocenters. The van der Waals surface area contributed by atoms with Crippen molar-refractivity contribution in [2.75, 3.05) is 11.5 Å². The number of carboxylic acid groups (broad SMARTS) is 1. The molecule has 1 N–H and O–H groups in total. The van der Waals surface area contributed by atoms with Gasteiger partial charge in [-0.15, -0.1) is 23.5 Å². The van der Waals surface area contributed by atoms with E-state index in [1.165, 1.54) is 4.90 Å². The summed E-state index contributed by atoms with van der Waals surface area (Å²) in [5, 5.41) is 10.2. The second-order valence-corrected chi connectivity index (χ2v) is 9.28. The molecule has 0 fully saturated rings. The first-order valence-corrected chi connectivity index (χ1v) is 11.3. The van der Waals surface area contributed by atoms with Gasteiger partial charge in [-0.3, -0.25) is 4.79 Å². The molecule has 144 valence electrons. The number of carboxylic acids is 1. The summed E-state index contributed by atoms with van der Waals surface area (Å²) in [6, 6.07) is 30.1. The first kappa shape index (κ1) is 20.6. The van der Waals surface area contributed by atoms with Crippen LogP contribution in [0.15, 0.2) is 95.9 Å². The van der Waals surface area contributed by atoms with E-state index in [1.54, 1.807) is 23.5 Å². The zero-order valence-corrected chi connectivity index (χ0v) is 17.3. The molecule has 0 aliphatic carbocycles. The standard InChI is InChI=1S/C24H24O2S2/c25-23(26)24(18-20-10-4-1-5-11-20,19-21-12-6-2-7-13-21)28-17-16-27-22-14-8-3-9-15-22/h1-15H,16-19H2,(H,25,26). The van der Waals surface area contributed by atoms with Gasteiger partial charge < -0.3 is 5.11 Å². The van der Waals surface area contributed by atoms with Crippen LogP contribution in [0.1, 0.15) is 11.1 Å². The van der Waals surface area contributed by atoms with E-state index in [4.69, 9.17) is 0 Å². The summed E-state index contributed by atoms with van der Waals surface area (Å²) in [6.07, 6.45) is 1.03. The number of hydrogen-bond acceptors (Lipinski definition) is 3. The molecule has 28 heavy (non-hydrogen) atoms. The fraction of sp³-hybridized carbons (Fsp3) is 0.208. The summed E-state index contributed by atoms with van der Waals surface area (Å²) >= 11 is 3.34. The van der Waals surface area contributed by atoms with Crippen molar-refractivity contribution in [1.82, 2.24) is 0 Å². The second kappa shape index (κ2) is 10.4. The molecule has 0 bridgehead atoms. The van der Waals surface area contributed by atoms with Crippen LogP contribution < -0.4 is 0 Å². The first-order valence-electron chi connectivity index (χ1n) is 9.31. The first-order chi connectivity index (χ1) is 13.7. The minimum atomic E-state index is -0.875. The lowest BCUT2D eigenvalue weighted by Crippen LogP contribution is -2.40. The monoisotopic (exact) mass is 408 g/mol. The van der Waals surface area contributed by atoms with Crippen molar-refractivity contribution >= 4 is 29.5 Å². The zero-order chi connectivity index (χ0) is 19.7. The van der Waals surface area contributed by atoms with Crippen LogP contribution in [0.3, 0.4) is 0 Å². The molecule has 0 aromatic heterocycles. The SMILES string of the molecule is O=C(O)C(Cc1ccccc1)(Cc1ccccc1)SCCSc1ccccc1. The number of thioether (sulfide) groups is 2. The molecular weight excluding hydrogens is 384 g/mol. The van der Waals surface area contributed by atoms with Crippen molar-refractivity contribution in [3.63, 3.8) is 0 Å². The molecule has 3 aromatic rings. The van der Waals surface area contributed by atoms with Gasteiger partial charge >= 0.3 is 5.97 Å². The van der Waals surface area contributed by atoms with E-state index in [0.29, 0.717) is 12.8 Å². The molecular formula is C24H24O2S2. The van der Waals surface area contributed by atoms with E-state index in [1.807, 2.05) is 78.9 Å². The van der Waals surface area contributed by atoms with Gasteiger partial charge in [0.2, 0.25) is 0 Å². The van der Waals surface area contributed by atoms with Crippen LogP contribution in [0.5, 0.6) is 0 Å². The molecule has 0 aliphatic rings. The van der Waals surface area contributed by atoms with Crippen LogP contribution in [0.2, 0.25) is 0 Å². The molecule has 4 heteroatoms. The maximum absolute atomic E-state index is 12.5. The highest BCUT2D eigenvalue weighted by Crippen LogP contribution is 2.35. The average Bonchev–Trinajstić information content (AvgIpc) is 2.73. The predicted molar refractivity (Wildman–Crippen MR) is 120 cm³/mol. The summed E-state index contributed by atoms with van der Waals surface area (Å²) in [5.41, 5.74) is 2.12. The van der Waals surface area contributed by atoms with Crippen LogP contribution >= 0.6 is 23.5 Å².